The van der Waals surface area contributed by atoms with Crippen molar-refractivity contribution in [3.8, 4) is 6.07 Å². The van der Waals surface area contributed by atoms with E-state index in [0.717, 1.165) is 27.9 Å². The zero-order valence-electron chi connectivity index (χ0n) is 10.9. The normalized spacial score (nSPS) is 11.0. The summed E-state index contributed by atoms with van der Waals surface area (Å²) >= 11 is 3.38. The molecule has 0 saturated carbocycles. The Bertz CT molecular complexity index is 718. The topological polar surface area (TPSA) is 35.8 Å². The van der Waals surface area contributed by atoms with Gasteiger partial charge in [-0.25, -0.2) is 0 Å². The molecule has 0 aromatic heterocycles. The molecule has 0 saturated heterocycles. The van der Waals surface area contributed by atoms with Crippen LogP contribution in [0.3, 0.4) is 0 Å². The summed E-state index contributed by atoms with van der Waals surface area (Å²) < 4.78 is 38.8. The Morgan fingerprint density at radius 1 is 1.14 bits per heavy atom. The fourth-order valence-corrected chi connectivity index (χ4v) is 2.18. The van der Waals surface area contributed by atoms with Crippen molar-refractivity contribution in [2.24, 2.45) is 0 Å². The zero-order valence-corrected chi connectivity index (χ0v) is 12.5. The van der Waals surface area contributed by atoms with Crippen molar-refractivity contribution >= 4 is 27.3 Å². The average Bonchev–Trinajstić information content (AvgIpc) is 2.43. The number of halogens is 4. The van der Waals surface area contributed by atoms with Crippen LogP contribution in [-0.4, -0.2) is 0 Å². The van der Waals surface area contributed by atoms with Gasteiger partial charge in [0.05, 0.1) is 16.8 Å². The average molecular weight is 355 g/mol. The highest BCUT2D eigenvalue weighted by atomic mass is 79.9. The monoisotopic (exact) mass is 354 g/mol. The van der Waals surface area contributed by atoms with Gasteiger partial charge in [-0.1, -0.05) is 22.0 Å². The summed E-state index contributed by atoms with van der Waals surface area (Å²) in [6.07, 6.45) is -4.46. The van der Waals surface area contributed by atoms with Crippen molar-refractivity contribution in [2.45, 2.75) is 13.1 Å². The highest BCUT2D eigenvalue weighted by Crippen LogP contribution is 2.33. The maximum Gasteiger partial charge on any atom is 0.416 e. The second kappa shape index (κ2) is 5.78. The molecule has 6 heteroatoms. The minimum atomic E-state index is -4.46. The van der Waals surface area contributed by atoms with Crippen molar-refractivity contribution in [1.29, 1.82) is 5.26 Å². The van der Waals surface area contributed by atoms with Gasteiger partial charge in [-0.3, -0.25) is 0 Å². The molecule has 0 atom stereocenters. The molecule has 0 amide bonds. The van der Waals surface area contributed by atoms with Gasteiger partial charge in [0.1, 0.15) is 6.07 Å². The minimum Gasteiger partial charge on any atom is -0.354 e. The molecule has 1 N–H and O–H groups in total. The van der Waals surface area contributed by atoms with Crippen LogP contribution in [0.15, 0.2) is 40.9 Å². The van der Waals surface area contributed by atoms with Crippen LogP contribution in [0.2, 0.25) is 0 Å². The van der Waals surface area contributed by atoms with E-state index in [4.69, 9.17) is 5.26 Å². The molecule has 0 aliphatic carbocycles. The van der Waals surface area contributed by atoms with E-state index in [1.165, 1.54) is 6.07 Å². The number of hydrogen-bond acceptors (Lipinski definition) is 2. The van der Waals surface area contributed by atoms with Crippen molar-refractivity contribution in [3.05, 3.63) is 57.6 Å². The molecule has 2 aromatic carbocycles. The van der Waals surface area contributed by atoms with Crippen LogP contribution in [0.25, 0.3) is 0 Å². The largest absolute Gasteiger partial charge is 0.416 e. The molecule has 0 unspecified atom stereocenters. The van der Waals surface area contributed by atoms with Crippen LogP contribution >= 0.6 is 15.9 Å². The van der Waals surface area contributed by atoms with E-state index in [1.54, 1.807) is 18.2 Å². The maximum atomic E-state index is 12.6. The van der Waals surface area contributed by atoms with Gasteiger partial charge in [-0.2, -0.15) is 18.4 Å². The van der Waals surface area contributed by atoms with Crippen LogP contribution < -0.4 is 5.32 Å². The van der Waals surface area contributed by atoms with Gasteiger partial charge < -0.3 is 5.32 Å². The van der Waals surface area contributed by atoms with Crippen molar-refractivity contribution < 1.29 is 13.2 Å². The number of hydrogen-bond donors (Lipinski definition) is 1. The fourth-order valence-electron chi connectivity index (χ4n) is 1.81. The molecule has 2 rings (SSSR count). The first kappa shape index (κ1) is 15.4. The van der Waals surface area contributed by atoms with Gasteiger partial charge in [0.25, 0.3) is 0 Å². The van der Waals surface area contributed by atoms with Crippen LogP contribution in [0.4, 0.5) is 24.5 Å². The van der Waals surface area contributed by atoms with Crippen LogP contribution in [0.5, 0.6) is 0 Å². The fraction of sp³-hybridized carbons (Fsp3) is 0.133. The second-order valence-corrected chi connectivity index (χ2v) is 5.26. The van der Waals surface area contributed by atoms with Crippen LogP contribution in [-0.2, 0) is 6.18 Å². The van der Waals surface area contributed by atoms with Crippen LogP contribution in [0.1, 0.15) is 16.7 Å². The summed E-state index contributed by atoms with van der Waals surface area (Å²) in [7, 11) is 0. The first-order chi connectivity index (χ1) is 9.82. The molecule has 0 spiro atoms. The number of nitrogens with zero attached hydrogens (tertiary/aromatic N) is 1. The molecule has 2 aromatic rings. The number of nitrogens with one attached hydrogen (secondary N) is 1. The summed E-state index contributed by atoms with van der Waals surface area (Å²) in [6, 6.07) is 10.3. The van der Waals surface area contributed by atoms with E-state index < -0.39 is 11.7 Å². The Morgan fingerprint density at radius 2 is 1.86 bits per heavy atom. The molecule has 0 bridgehead atoms. The summed E-state index contributed by atoms with van der Waals surface area (Å²) in [4.78, 5) is 0. The van der Waals surface area contributed by atoms with Gasteiger partial charge in [0.15, 0.2) is 0 Å². The molecule has 0 aliphatic heterocycles. The van der Waals surface area contributed by atoms with Gasteiger partial charge in [0.2, 0.25) is 0 Å². The van der Waals surface area contributed by atoms with E-state index in [-0.39, 0.29) is 5.56 Å². The number of rotatable bonds is 2. The maximum absolute atomic E-state index is 12.6. The standard InChI is InChI=1S/C15H10BrF3N2/c1-9-12(16)3-2-4-13(9)21-14-6-5-11(15(17,18)19)7-10(14)8-20/h2-7,21H,1H3. The predicted octanol–water partition coefficient (Wildman–Crippen LogP) is 5.39. The van der Waals surface area contributed by atoms with E-state index in [2.05, 4.69) is 21.2 Å². The smallest absolute Gasteiger partial charge is 0.354 e. The lowest BCUT2D eigenvalue weighted by Gasteiger charge is -2.14. The highest BCUT2D eigenvalue weighted by Gasteiger charge is 2.31. The molecule has 0 radical (unpaired) electrons. The first-order valence-electron chi connectivity index (χ1n) is 5.96. The number of alkyl halides is 3. The molecule has 0 aliphatic rings. The molecule has 108 valence electrons. The summed E-state index contributed by atoms with van der Waals surface area (Å²) in [6.45, 7) is 1.86. The SMILES string of the molecule is Cc1c(Br)cccc1Nc1ccc(C(F)(F)F)cc1C#N. The third-order valence-corrected chi connectivity index (χ3v) is 3.86. The summed E-state index contributed by atoms with van der Waals surface area (Å²) in [5, 5.41) is 12.0. The predicted molar refractivity (Wildman–Crippen MR) is 78.3 cm³/mol. The number of nitriles is 1. The Hall–Kier alpha value is -2.00. The molecule has 21 heavy (non-hydrogen) atoms. The lowest BCUT2D eigenvalue weighted by Crippen LogP contribution is -2.06. The molecule has 0 heterocycles. The van der Waals surface area contributed by atoms with Gasteiger partial charge in [0, 0.05) is 10.2 Å². The lowest BCUT2D eigenvalue weighted by molar-refractivity contribution is -0.137. The van der Waals surface area contributed by atoms with Gasteiger partial charge >= 0.3 is 6.18 Å². The Morgan fingerprint density at radius 3 is 2.48 bits per heavy atom. The summed E-state index contributed by atoms with van der Waals surface area (Å²) in [5.74, 6) is 0. The van der Waals surface area contributed by atoms with Crippen molar-refractivity contribution in [3.63, 3.8) is 0 Å². The van der Waals surface area contributed by atoms with Gasteiger partial charge in [-0.05, 0) is 42.8 Å². The zero-order chi connectivity index (χ0) is 15.6. The van der Waals surface area contributed by atoms with E-state index in [9.17, 15) is 13.2 Å². The number of benzene rings is 2. The van der Waals surface area contributed by atoms with Crippen molar-refractivity contribution in [2.75, 3.05) is 5.32 Å². The Labute approximate surface area is 128 Å². The molecular formula is C15H10BrF3N2. The van der Waals surface area contributed by atoms with E-state index >= 15 is 0 Å². The van der Waals surface area contributed by atoms with Gasteiger partial charge in [-0.15, -0.1) is 0 Å². The third-order valence-electron chi connectivity index (χ3n) is 3.00. The van der Waals surface area contributed by atoms with Crippen LogP contribution in [0, 0.1) is 18.3 Å². The Balaban J connectivity index is 2.42. The Kier molecular flexibility index (Phi) is 4.24. The quantitative estimate of drug-likeness (QED) is 0.784. The molecule has 0 fully saturated rings. The second-order valence-electron chi connectivity index (χ2n) is 4.41. The number of anilines is 2. The van der Waals surface area contributed by atoms with E-state index in [0.29, 0.717) is 5.69 Å². The summed E-state index contributed by atoms with van der Waals surface area (Å²) in [5.41, 5.74) is 1.08. The third kappa shape index (κ3) is 3.37. The molecular weight excluding hydrogens is 345 g/mol. The van der Waals surface area contributed by atoms with Crippen molar-refractivity contribution in [1.82, 2.24) is 0 Å². The highest BCUT2D eigenvalue weighted by molar-refractivity contribution is 9.10. The minimum absolute atomic E-state index is 0.0517. The molecule has 2 nitrogen and oxygen atoms in total. The lowest BCUT2D eigenvalue weighted by atomic mass is 10.1. The first-order valence-corrected chi connectivity index (χ1v) is 6.75. The van der Waals surface area contributed by atoms with E-state index in [1.807, 2.05) is 13.0 Å².